The van der Waals surface area contributed by atoms with Crippen LogP contribution < -0.4 is 0 Å². The van der Waals surface area contributed by atoms with Gasteiger partial charge in [-0.2, -0.15) is 26.3 Å². The minimum Gasteiger partial charge on any atom is -0.426 e. The minimum atomic E-state index is -5.71. The highest BCUT2D eigenvalue weighted by Gasteiger charge is 2.61. The van der Waals surface area contributed by atoms with Crippen molar-refractivity contribution in [2.24, 2.45) is 11.3 Å². The number of nitrogens with zero attached hydrogens (tertiary/aromatic N) is 1. The molecule has 1 saturated heterocycles. The van der Waals surface area contributed by atoms with Crippen molar-refractivity contribution in [1.82, 2.24) is 4.90 Å². The number of likely N-dealkylation sites (tertiary alicyclic amines) is 1. The van der Waals surface area contributed by atoms with Gasteiger partial charge in [0.15, 0.2) is 0 Å². The Balaban J connectivity index is 1.44. The molecule has 1 aromatic carbocycles. The topological polar surface area (TPSA) is 38.8 Å². The van der Waals surface area contributed by atoms with Gasteiger partial charge in [-0.05, 0) is 36.2 Å². The maximum atomic E-state index is 12.5. The van der Waals surface area contributed by atoms with Gasteiger partial charge in [0.25, 0.3) is 6.10 Å². The second kappa shape index (κ2) is 8.04. The van der Waals surface area contributed by atoms with Crippen LogP contribution in [0.25, 0.3) is 0 Å². The minimum absolute atomic E-state index is 0.0546. The predicted molar refractivity (Wildman–Crippen MR) is 89.8 cm³/mol. The summed E-state index contributed by atoms with van der Waals surface area (Å²) in [5.41, 5.74) is 0.990. The molecule has 1 heterocycles. The van der Waals surface area contributed by atoms with Gasteiger partial charge in [-0.25, -0.2) is 4.79 Å². The molecule has 29 heavy (non-hydrogen) atoms. The number of carbonyl (C=O) groups is 1. The summed E-state index contributed by atoms with van der Waals surface area (Å²) in [4.78, 5) is 12.7. The first-order valence-corrected chi connectivity index (χ1v) is 9.22. The number of amides is 1. The van der Waals surface area contributed by atoms with Crippen LogP contribution in [0.4, 0.5) is 31.1 Å². The molecule has 1 atom stereocenters. The van der Waals surface area contributed by atoms with Gasteiger partial charge >= 0.3 is 18.4 Å². The molecule has 1 saturated carbocycles. The van der Waals surface area contributed by atoms with Crippen LogP contribution in [0.15, 0.2) is 30.3 Å². The Morgan fingerprint density at radius 1 is 1.07 bits per heavy atom. The second-order valence-corrected chi connectivity index (χ2v) is 7.60. The number of hydrogen-bond acceptors (Lipinski definition) is 3. The zero-order valence-corrected chi connectivity index (χ0v) is 15.4. The fraction of sp³-hybridized carbons (Fsp3) is 0.632. The Labute approximate surface area is 163 Å². The van der Waals surface area contributed by atoms with E-state index in [-0.39, 0.29) is 24.4 Å². The van der Waals surface area contributed by atoms with E-state index in [1.165, 1.54) is 0 Å². The number of benzene rings is 1. The molecule has 1 aromatic rings. The van der Waals surface area contributed by atoms with Crippen molar-refractivity contribution in [3.8, 4) is 0 Å². The van der Waals surface area contributed by atoms with E-state index >= 15 is 0 Å². The fourth-order valence-electron chi connectivity index (χ4n) is 3.80. The van der Waals surface area contributed by atoms with Crippen LogP contribution in [0, 0.1) is 11.3 Å². The molecule has 0 radical (unpaired) electrons. The average Bonchev–Trinajstić information content (AvgIpc) is 3.30. The summed E-state index contributed by atoms with van der Waals surface area (Å²) in [6, 6.07) is 9.62. The third-order valence-corrected chi connectivity index (χ3v) is 5.62. The Kier molecular flexibility index (Phi) is 6.03. The summed E-state index contributed by atoms with van der Waals surface area (Å²) in [6.45, 7) is 1.14. The highest BCUT2D eigenvalue weighted by Crippen LogP contribution is 2.59. The molecule has 2 aliphatic rings. The predicted octanol–water partition coefficient (Wildman–Crippen LogP) is 4.94. The second-order valence-electron chi connectivity index (χ2n) is 7.60. The summed E-state index contributed by atoms with van der Waals surface area (Å²) in [5, 5.41) is 0. The molecule has 3 rings (SSSR count). The van der Waals surface area contributed by atoms with E-state index in [0.29, 0.717) is 26.1 Å². The normalized spacial score (nSPS) is 21.5. The SMILES string of the molecule is O=C(OC(C(F)(F)F)C(F)(F)F)N1CCC2(CC1)CC2COCc1ccccc1. The van der Waals surface area contributed by atoms with Crippen LogP contribution in [0.1, 0.15) is 24.8 Å². The molecule has 1 aliphatic heterocycles. The summed E-state index contributed by atoms with van der Waals surface area (Å²) in [6.07, 6.45) is -15.2. The van der Waals surface area contributed by atoms with Crippen molar-refractivity contribution in [3.05, 3.63) is 35.9 Å². The van der Waals surface area contributed by atoms with Crippen LogP contribution in [0.2, 0.25) is 0 Å². The number of ether oxygens (including phenoxy) is 2. The summed E-state index contributed by atoms with van der Waals surface area (Å²) >= 11 is 0. The van der Waals surface area contributed by atoms with Gasteiger partial charge in [0.05, 0.1) is 13.2 Å². The maximum Gasteiger partial charge on any atom is 0.434 e. The maximum absolute atomic E-state index is 12.5. The summed E-state index contributed by atoms with van der Waals surface area (Å²) in [5.74, 6) is 0.280. The lowest BCUT2D eigenvalue weighted by atomic mass is 9.91. The van der Waals surface area contributed by atoms with E-state index in [4.69, 9.17) is 4.74 Å². The molecule has 1 amide bonds. The summed E-state index contributed by atoms with van der Waals surface area (Å²) in [7, 11) is 0. The first kappa shape index (κ1) is 21.7. The van der Waals surface area contributed by atoms with Crippen LogP contribution in [-0.4, -0.2) is 49.1 Å². The number of piperidine rings is 1. The molecule has 162 valence electrons. The van der Waals surface area contributed by atoms with Crippen molar-refractivity contribution in [2.45, 2.75) is 44.3 Å². The van der Waals surface area contributed by atoms with E-state index in [2.05, 4.69) is 4.74 Å². The number of hydrogen-bond donors (Lipinski definition) is 0. The lowest BCUT2D eigenvalue weighted by Crippen LogP contribution is -2.49. The Morgan fingerprint density at radius 3 is 2.21 bits per heavy atom. The molecule has 0 aromatic heterocycles. The monoisotopic (exact) mass is 425 g/mol. The van der Waals surface area contributed by atoms with Gasteiger partial charge in [-0.1, -0.05) is 30.3 Å². The van der Waals surface area contributed by atoms with E-state index in [1.54, 1.807) is 0 Å². The highest BCUT2D eigenvalue weighted by molar-refractivity contribution is 5.68. The largest absolute Gasteiger partial charge is 0.434 e. The fourth-order valence-corrected chi connectivity index (χ4v) is 3.80. The Morgan fingerprint density at radius 2 is 1.66 bits per heavy atom. The molecular formula is C19H21F6NO3. The smallest absolute Gasteiger partial charge is 0.426 e. The number of alkyl halides is 6. The number of rotatable bonds is 5. The Hall–Kier alpha value is -1.97. The lowest BCUT2D eigenvalue weighted by Gasteiger charge is -2.33. The summed E-state index contributed by atoms with van der Waals surface area (Å²) < 4.78 is 84.7. The van der Waals surface area contributed by atoms with Gasteiger partial charge in [0.1, 0.15) is 0 Å². The molecule has 0 bridgehead atoms. The quantitative estimate of drug-likeness (QED) is 0.628. The molecule has 4 nitrogen and oxygen atoms in total. The van der Waals surface area contributed by atoms with Gasteiger partial charge < -0.3 is 14.4 Å². The third kappa shape index (κ3) is 5.34. The van der Waals surface area contributed by atoms with Gasteiger partial charge in [-0.15, -0.1) is 0 Å². The van der Waals surface area contributed by atoms with E-state index < -0.39 is 24.5 Å². The van der Waals surface area contributed by atoms with Crippen LogP contribution in [0.5, 0.6) is 0 Å². The Bertz CT molecular complexity index is 684. The van der Waals surface area contributed by atoms with Crippen LogP contribution >= 0.6 is 0 Å². The standard InChI is InChI=1S/C19H21F6NO3/c20-18(21,22)15(19(23,24)25)29-16(27)26-8-6-17(7-9-26)10-14(17)12-28-11-13-4-2-1-3-5-13/h1-5,14-15H,6-12H2. The molecule has 10 heteroatoms. The average molecular weight is 425 g/mol. The van der Waals surface area contributed by atoms with E-state index in [1.807, 2.05) is 30.3 Å². The van der Waals surface area contributed by atoms with Crippen molar-refractivity contribution < 1.29 is 40.6 Å². The zero-order valence-electron chi connectivity index (χ0n) is 15.4. The van der Waals surface area contributed by atoms with Crippen molar-refractivity contribution in [2.75, 3.05) is 19.7 Å². The molecule has 1 unspecified atom stereocenters. The number of carbonyl (C=O) groups excluding carboxylic acids is 1. The van der Waals surface area contributed by atoms with Crippen LogP contribution in [-0.2, 0) is 16.1 Å². The zero-order chi connectivity index (χ0) is 21.3. The molecular weight excluding hydrogens is 404 g/mol. The highest BCUT2D eigenvalue weighted by atomic mass is 19.4. The molecule has 2 fully saturated rings. The molecule has 1 aliphatic carbocycles. The van der Waals surface area contributed by atoms with Gasteiger partial charge in [-0.3, -0.25) is 0 Å². The van der Waals surface area contributed by atoms with Crippen molar-refractivity contribution >= 4 is 6.09 Å². The molecule has 0 N–H and O–H groups in total. The van der Waals surface area contributed by atoms with Crippen molar-refractivity contribution in [3.63, 3.8) is 0 Å². The third-order valence-electron chi connectivity index (χ3n) is 5.62. The number of halogens is 6. The first-order valence-electron chi connectivity index (χ1n) is 9.22. The van der Waals surface area contributed by atoms with E-state index in [0.717, 1.165) is 16.9 Å². The van der Waals surface area contributed by atoms with Crippen molar-refractivity contribution in [1.29, 1.82) is 0 Å². The van der Waals surface area contributed by atoms with Gasteiger partial charge in [0.2, 0.25) is 0 Å². The first-order chi connectivity index (χ1) is 13.5. The van der Waals surface area contributed by atoms with Crippen LogP contribution in [0.3, 0.4) is 0 Å². The van der Waals surface area contributed by atoms with Gasteiger partial charge in [0, 0.05) is 13.1 Å². The lowest BCUT2D eigenvalue weighted by molar-refractivity contribution is -0.308. The molecule has 1 spiro atoms. The van der Waals surface area contributed by atoms with E-state index in [9.17, 15) is 31.1 Å².